The van der Waals surface area contributed by atoms with Gasteiger partial charge < -0.3 is 0 Å². The van der Waals surface area contributed by atoms with Gasteiger partial charge >= 0.3 is 0 Å². The summed E-state index contributed by atoms with van der Waals surface area (Å²) in [6.07, 6.45) is 9.27. The molecule has 0 saturated heterocycles. The van der Waals surface area contributed by atoms with Gasteiger partial charge in [-0.1, -0.05) is 51.5 Å². The molecule has 0 aromatic rings. The van der Waals surface area contributed by atoms with Crippen molar-refractivity contribution in [3.05, 3.63) is 34.9 Å². The van der Waals surface area contributed by atoms with Gasteiger partial charge in [0.1, 0.15) is 0 Å². The first-order valence-corrected chi connectivity index (χ1v) is 5.53. The van der Waals surface area contributed by atoms with Crippen LogP contribution >= 0.6 is 0 Å². The lowest BCUT2D eigenvalue weighted by atomic mass is 9.84. The summed E-state index contributed by atoms with van der Waals surface area (Å²) in [5.74, 6) is 0. The van der Waals surface area contributed by atoms with Crippen LogP contribution in [0.1, 0.15) is 47.5 Å². The van der Waals surface area contributed by atoms with Crippen LogP contribution in [0.15, 0.2) is 34.9 Å². The van der Waals surface area contributed by atoms with Crippen LogP contribution in [0.2, 0.25) is 0 Å². The summed E-state index contributed by atoms with van der Waals surface area (Å²) in [5, 5.41) is 0. The first-order valence-electron chi connectivity index (χ1n) is 5.53. The zero-order chi connectivity index (χ0) is 10.8. The Morgan fingerprint density at radius 3 is 2.36 bits per heavy atom. The van der Waals surface area contributed by atoms with Crippen molar-refractivity contribution in [2.45, 2.75) is 47.5 Å². The maximum absolute atomic E-state index is 2.37. The molecule has 0 fully saturated rings. The van der Waals surface area contributed by atoms with E-state index in [9.17, 15) is 0 Å². The normalized spacial score (nSPS) is 18.2. The van der Waals surface area contributed by atoms with Crippen molar-refractivity contribution in [1.29, 1.82) is 0 Å². The molecule has 1 aliphatic rings. The van der Waals surface area contributed by atoms with E-state index in [1.54, 1.807) is 0 Å². The summed E-state index contributed by atoms with van der Waals surface area (Å²) in [6.45, 7) is 11.3. The molecule has 0 N–H and O–H groups in total. The zero-order valence-electron chi connectivity index (χ0n) is 10.1. The number of rotatable bonds is 1. The SMILES string of the molecule is CCC1=CC(C(C)(C)C)=CCC=C1C. The zero-order valence-corrected chi connectivity index (χ0v) is 10.1. The first-order chi connectivity index (χ1) is 6.45. The van der Waals surface area contributed by atoms with Crippen LogP contribution in [-0.2, 0) is 0 Å². The third-order valence-electron chi connectivity index (χ3n) is 2.84. The molecule has 0 saturated carbocycles. The molecule has 0 aliphatic heterocycles. The average Bonchev–Trinajstić information content (AvgIpc) is 2.25. The number of hydrogen-bond acceptors (Lipinski definition) is 0. The van der Waals surface area contributed by atoms with Gasteiger partial charge in [-0.05, 0) is 36.3 Å². The summed E-state index contributed by atoms with van der Waals surface area (Å²) < 4.78 is 0. The Hall–Kier alpha value is -0.780. The second-order valence-electron chi connectivity index (χ2n) is 5.06. The van der Waals surface area contributed by atoms with Crippen molar-refractivity contribution in [2.24, 2.45) is 5.41 Å². The van der Waals surface area contributed by atoms with Crippen LogP contribution in [-0.4, -0.2) is 0 Å². The topological polar surface area (TPSA) is 0 Å². The van der Waals surface area contributed by atoms with E-state index in [1.165, 1.54) is 16.7 Å². The lowest BCUT2D eigenvalue weighted by Crippen LogP contribution is -2.07. The lowest BCUT2D eigenvalue weighted by Gasteiger charge is -2.21. The minimum Gasteiger partial charge on any atom is -0.0775 e. The summed E-state index contributed by atoms with van der Waals surface area (Å²) in [5.41, 5.74) is 4.69. The van der Waals surface area contributed by atoms with Gasteiger partial charge in [-0.3, -0.25) is 0 Å². The molecule has 1 rings (SSSR count). The van der Waals surface area contributed by atoms with E-state index >= 15 is 0 Å². The monoisotopic (exact) mass is 190 g/mol. The third kappa shape index (κ3) is 2.60. The van der Waals surface area contributed by atoms with Crippen molar-refractivity contribution < 1.29 is 0 Å². The van der Waals surface area contributed by atoms with Gasteiger partial charge in [0.15, 0.2) is 0 Å². The van der Waals surface area contributed by atoms with E-state index in [4.69, 9.17) is 0 Å². The van der Waals surface area contributed by atoms with Crippen LogP contribution in [0.25, 0.3) is 0 Å². The van der Waals surface area contributed by atoms with Crippen molar-refractivity contribution in [3.8, 4) is 0 Å². The van der Waals surface area contributed by atoms with Gasteiger partial charge in [0.25, 0.3) is 0 Å². The molecule has 78 valence electrons. The molecule has 0 aromatic carbocycles. The van der Waals surface area contributed by atoms with Crippen molar-refractivity contribution in [1.82, 2.24) is 0 Å². The maximum atomic E-state index is 2.37. The molecule has 0 unspecified atom stereocenters. The summed E-state index contributed by atoms with van der Waals surface area (Å²) in [7, 11) is 0. The van der Waals surface area contributed by atoms with Gasteiger partial charge in [0.2, 0.25) is 0 Å². The fraction of sp³-hybridized carbons (Fsp3) is 0.571. The Kier molecular flexibility index (Phi) is 3.36. The second kappa shape index (κ2) is 4.16. The quantitative estimate of drug-likeness (QED) is 0.565. The molecular formula is C14H22. The van der Waals surface area contributed by atoms with Crippen LogP contribution < -0.4 is 0 Å². The third-order valence-corrected chi connectivity index (χ3v) is 2.84. The van der Waals surface area contributed by atoms with E-state index in [0.717, 1.165) is 12.8 Å². The first kappa shape index (κ1) is 11.3. The predicted octanol–water partition coefficient (Wildman–Crippen LogP) is 4.65. The molecule has 0 radical (unpaired) electrons. The lowest BCUT2D eigenvalue weighted by molar-refractivity contribution is 0.515. The van der Waals surface area contributed by atoms with Crippen LogP contribution in [0.5, 0.6) is 0 Å². The van der Waals surface area contributed by atoms with Gasteiger partial charge in [0, 0.05) is 0 Å². The fourth-order valence-electron chi connectivity index (χ4n) is 1.76. The highest BCUT2D eigenvalue weighted by molar-refractivity contribution is 5.41. The molecule has 0 bridgehead atoms. The molecular weight excluding hydrogens is 168 g/mol. The standard InChI is InChI=1S/C14H22/c1-6-12-10-13(14(3,4)5)9-7-8-11(12)2/h8-10H,6-7H2,1-5H3. The Labute approximate surface area is 88.4 Å². The summed E-state index contributed by atoms with van der Waals surface area (Å²) >= 11 is 0. The molecule has 0 amide bonds. The molecule has 0 aromatic heterocycles. The van der Waals surface area contributed by atoms with E-state index in [0.29, 0.717) is 0 Å². The number of hydrogen-bond donors (Lipinski definition) is 0. The van der Waals surface area contributed by atoms with E-state index in [1.807, 2.05) is 0 Å². The molecule has 0 heterocycles. The fourth-order valence-corrected chi connectivity index (χ4v) is 1.76. The van der Waals surface area contributed by atoms with E-state index in [2.05, 4.69) is 52.8 Å². The van der Waals surface area contributed by atoms with Crippen molar-refractivity contribution in [3.63, 3.8) is 0 Å². The molecule has 0 spiro atoms. The average molecular weight is 190 g/mol. The van der Waals surface area contributed by atoms with Crippen LogP contribution in [0.3, 0.4) is 0 Å². The highest BCUT2D eigenvalue weighted by Crippen LogP contribution is 2.31. The highest BCUT2D eigenvalue weighted by atomic mass is 14.2. The minimum atomic E-state index is 0.277. The van der Waals surface area contributed by atoms with Gasteiger partial charge in [-0.25, -0.2) is 0 Å². The molecule has 14 heavy (non-hydrogen) atoms. The highest BCUT2D eigenvalue weighted by Gasteiger charge is 2.16. The maximum Gasteiger partial charge on any atom is -0.0135 e. The minimum absolute atomic E-state index is 0.277. The molecule has 1 aliphatic carbocycles. The van der Waals surface area contributed by atoms with E-state index in [-0.39, 0.29) is 5.41 Å². The molecule has 0 atom stereocenters. The van der Waals surface area contributed by atoms with Gasteiger partial charge in [0.05, 0.1) is 0 Å². The largest absolute Gasteiger partial charge is 0.0775 e. The summed E-state index contributed by atoms with van der Waals surface area (Å²) in [4.78, 5) is 0. The Morgan fingerprint density at radius 2 is 1.86 bits per heavy atom. The molecule has 0 heteroatoms. The number of allylic oxidation sites excluding steroid dienone is 6. The van der Waals surface area contributed by atoms with Crippen molar-refractivity contribution >= 4 is 0 Å². The van der Waals surface area contributed by atoms with E-state index < -0.39 is 0 Å². The molecule has 0 nitrogen and oxygen atoms in total. The Balaban J connectivity index is 3.03. The summed E-state index contributed by atoms with van der Waals surface area (Å²) in [6, 6.07) is 0. The van der Waals surface area contributed by atoms with Crippen molar-refractivity contribution in [2.75, 3.05) is 0 Å². The smallest absolute Gasteiger partial charge is 0.0135 e. The van der Waals surface area contributed by atoms with Crippen LogP contribution in [0.4, 0.5) is 0 Å². The predicted molar refractivity (Wildman–Crippen MR) is 64.3 cm³/mol. The van der Waals surface area contributed by atoms with Gasteiger partial charge in [-0.2, -0.15) is 0 Å². The second-order valence-corrected chi connectivity index (χ2v) is 5.06. The van der Waals surface area contributed by atoms with Gasteiger partial charge in [-0.15, -0.1) is 0 Å². The Bertz CT molecular complexity index is 292. The Morgan fingerprint density at radius 1 is 1.21 bits per heavy atom. The van der Waals surface area contributed by atoms with Crippen LogP contribution in [0, 0.1) is 5.41 Å².